The summed E-state index contributed by atoms with van der Waals surface area (Å²) in [6.45, 7) is 0.947. The van der Waals surface area contributed by atoms with E-state index in [0.29, 0.717) is 0 Å². The van der Waals surface area contributed by atoms with E-state index < -0.39 is 6.09 Å². The summed E-state index contributed by atoms with van der Waals surface area (Å²) in [5.41, 5.74) is 1.74. The third-order valence-electron chi connectivity index (χ3n) is 2.40. The summed E-state index contributed by atoms with van der Waals surface area (Å²) in [5, 5.41) is 5.97. The van der Waals surface area contributed by atoms with Crippen LogP contribution in [0.4, 0.5) is 16.2 Å². The molecule has 0 fully saturated rings. The molecule has 5 heteroatoms. The molecule has 0 bridgehead atoms. The lowest BCUT2D eigenvalue weighted by atomic mass is 10.2. The number of thioether (sulfide) groups is 1. The Labute approximate surface area is 112 Å². The van der Waals surface area contributed by atoms with E-state index in [4.69, 9.17) is 0 Å². The van der Waals surface area contributed by atoms with Gasteiger partial charge in [-0.1, -0.05) is 6.07 Å². The molecule has 100 valence electrons. The fourth-order valence-electron chi connectivity index (χ4n) is 1.48. The summed E-state index contributed by atoms with van der Waals surface area (Å²) < 4.78 is 4.55. The van der Waals surface area contributed by atoms with Crippen LogP contribution in [0.3, 0.4) is 0 Å². The maximum absolute atomic E-state index is 11.1. The van der Waals surface area contributed by atoms with Crippen LogP contribution in [0.15, 0.2) is 24.3 Å². The minimum Gasteiger partial charge on any atom is -0.453 e. The molecule has 1 aromatic rings. The van der Waals surface area contributed by atoms with Crippen LogP contribution in [0.5, 0.6) is 0 Å². The number of anilines is 2. The minimum atomic E-state index is -0.452. The van der Waals surface area contributed by atoms with E-state index in [9.17, 15) is 4.79 Å². The topological polar surface area (TPSA) is 50.4 Å². The van der Waals surface area contributed by atoms with E-state index in [0.717, 1.165) is 24.3 Å². The van der Waals surface area contributed by atoms with E-state index >= 15 is 0 Å². The van der Waals surface area contributed by atoms with Crippen LogP contribution in [0, 0.1) is 0 Å². The van der Waals surface area contributed by atoms with Crippen molar-refractivity contribution in [2.24, 2.45) is 0 Å². The zero-order valence-corrected chi connectivity index (χ0v) is 11.7. The molecule has 0 unspecified atom stereocenters. The first-order chi connectivity index (χ1) is 8.76. The number of hydrogen-bond donors (Lipinski definition) is 2. The molecule has 2 N–H and O–H groups in total. The number of ether oxygens (including phenoxy) is 1. The second-order valence-electron chi connectivity index (χ2n) is 3.82. The Bertz CT molecular complexity index is 372. The summed E-state index contributed by atoms with van der Waals surface area (Å²) in [4.78, 5) is 11.1. The molecular weight excluding hydrogens is 248 g/mol. The van der Waals surface area contributed by atoms with Gasteiger partial charge in [0.2, 0.25) is 0 Å². The molecule has 0 radical (unpaired) electrons. The van der Waals surface area contributed by atoms with Gasteiger partial charge in [-0.05, 0) is 43.0 Å². The number of benzene rings is 1. The van der Waals surface area contributed by atoms with Crippen LogP contribution in [0.25, 0.3) is 0 Å². The van der Waals surface area contributed by atoms with Gasteiger partial charge < -0.3 is 10.1 Å². The second-order valence-corrected chi connectivity index (χ2v) is 4.81. The Hall–Kier alpha value is -1.36. The van der Waals surface area contributed by atoms with Gasteiger partial charge in [0.1, 0.15) is 0 Å². The molecule has 0 aliphatic heterocycles. The summed E-state index contributed by atoms with van der Waals surface area (Å²) in [6, 6.07) is 7.61. The number of unbranched alkanes of at least 4 members (excludes halogenated alkanes) is 1. The van der Waals surface area contributed by atoms with Gasteiger partial charge in [0.25, 0.3) is 0 Å². The Kier molecular flexibility index (Phi) is 7.10. The molecule has 0 heterocycles. The number of carbonyl (C=O) groups excluding carboxylic acids is 1. The van der Waals surface area contributed by atoms with Gasteiger partial charge in [0.05, 0.1) is 7.11 Å². The van der Waals surface area contributed by atoms with Gasteiger partial charge in [0, 0.05) is 17.9 Å². The zero-order chi connectivity index (χ0) is 13.2. The lowest BCUT2D eigenvalue weighted by Crippen LogP contribution is -2.11. The Morgan fingerprint density at radius 1 is 1.33 bits per heavy atom. The predicted octanol–water partition coefficient (Wildman–Crippen LogP) is 3.42. The molecule has 0 aliphatic rings. The highest BCUT2D eigenvalue weighted by molar-refractivity contribution is 7.98. The van der Waals surface area contributed by atoms with Crippen LogP contribution < -0.4 is 10.6 Å². The normalized spacial score (nSPS) is 9.89. The number of amides is 1. The van der Waals surface area contributed by atoms with Crippen molar-refractivity contribution in [3.05, 3.63) is 24.3 Å². The predicted molar refractivity (Wildman–Crippen MR) is 78.6 cm³/mol. The zero-order valence-electron chi connectivity index (χ0n) is 10.9. The fraction of sp³-hybridized carbons (Fsp3) is 0.462. The molecular formula is C13H20N2O2S. The second kappa shape index (κ2) is 8.69. The van der Waals surface area contributed by atoms with Gasteiger partial charge >= 0.3 is 6.09 Å². The van der Waals surface area contributed by atoms with Crippen LogP contribution in [-0.2, 0) is 4.74 Å². The molecule has 0 aromatic heterocycles. The van der Waals surface area contributed by atoms with Crippen molar-refractivity contribution in [3.63, 3.8) is 0 Å². The van der Waals surface area contributed by atoms with Gasteiger partial charge in [-0.15, -0.1) is 0 Å². The highest BCUT2D eigenvalue weighted by atomic mass is 32.2. The molecule has 1 rings (SSSR count). The van der Waals surface area contributed by atoms with Crippen LogP contribution in [-0.4, -0.2) is 31.8 Å². The minimum absolute atomic E-state index is 0.452. The van der Waals surface area contributed by atoms with Crippen molar-refractivity contribution >= 4 is 29.2 Å². The molecule has 0 saturated heterocycles. The van der Waals surface area contributed by atoms with E-state index in [1.165, 1.54) is 19.3 Å². The van der Waals surface area contributed by atoms with Gasteiger partial charge in [-0.3, -0.25) is 5.32 Å². The third kappa shape index (κ3) is 5.82. The standard InChI is InChI=1S/C13H20N2O2S/c1-17-13(16)15-12-7-5-6-11(10-12)14-8-3-4-9-18-2/h5-7,10,14H,3-4,8-9H2,1-2H3,(H,15,16). The lowest BCUT2D eigenvalue weighted by molar-refractivity contribution is 0.187. The third-order valence-corrected chi connectivity index (χ3v) is 3.10. The van der Waals surface area contributed by atoms with Gasteiger partial charge in [-0.25, -0.2) is 4.79 Å². The molecule has 4 nitrogen and oxygen atoms in total. The van der Waals surface area contributed by atoms with Crippen LogP contribution in [0.2, 0.25) is 0 Å². The van der Waals surface area contributed by atoms with Crippen molar-refractivity contribution in [1.29, 1.82) is 0 Å². The molecule has 0 spiro atoms. The van der Waals surface area contributed by atoms with Gasteiger partial charge in [-0.2, -0.15) is 11.8 Å². The lowest BCUT2D eigenvalue weighted by Gasteiger charge is -2.08. The van der Waals surface area contributed by atoms with Crippen molar-refractivity contribution in [2.45, 2.75) is 12.8 Å². The number of rotatable bonds is 7. The summed E-state index contributed by atoms with van der Waals surface area (Å²) in [5.74, 6) is 1.20. The molecule has 1 amide bonds. The van der Waals surface area contributed by atoms with E-state index in [1.807, 2.05) is 36.0 Å². The summed E-state index contributed by atoms with van der Waals surface area (Å²) in [7, 11) is 1.35. The van der Waals surface area contributed by atoms with Crippen molar-refractivity contribution in [3.8, 4) is 0 Å². The maximum Gasteiger partial charge on any atom is 0.411 e. The number of hydrogen-bond acceptors (Lipinski definition) is 4. The highest BCUT2D eigenvalue weighted by Crippen LogP contribution is 2.15. The first-order valence-corrected chi connectivity index (χ1v) is 7.33. The Balaban J connectivity index is 2.37. The van der Waals surface area contributed by atoms with Crippen molar-refractivity contribution in [1.82, 2.24) is 0 Å². The number of nitrogens with one attached hydrogen (secondary N) is 2. The summed E-state index contributed by atoms with van der Waals surface area (Å²) >= 11 is 1.87. The van der Waals surface area contributed by atoms with Crippen LogP contribution >= 0.6 is 11.8 Å². The summed E-state index contributed by atoms with van der Waals surface area (Å²) in [6.07, 6.45) is 4.03. The number of carbonyl (C=O) groups is 1. The quantitative estimate of drug-likeness (QED) is 0.744. The average Bonchev–Trinajstić information content (AvgIpc) is 2.39. The maximum atomic E-state index is 11.1. The van der Waals surface area contributed by atoms with Crippen LogP contribution in [0.1, 0.15) is 12.8 Å². The first-order valence-electron chi connectivity index (χ1n) is 5.94. The van der Waals surface area contributed by atoms with Gasteiger partial charge in [0.15, 0.2) is 0 Å². The monoisotopic (exact) mass is 268 g/mol. The van der Waals surface area contributed by atoms with E-state index in [2.05, 4.69) is 21.6 Å². The first kappa shape index (κ1) is 14.7. The van der Waals surface area contributed by atoms with E-state index in [-0.39, 0.29) is 0 Å². The molecule has 0 aliphatic carbocycles. The largest absolute Gasteiger partial charge is 0.453 e. The average molecular weight is 268 g/mol. The Morgan fingerprint density at radius 2 is 2.11 bits per heavy atom. The molecule has 18 heavy (non-hydrogen) atoms. The molecule has 1 aromatic carbocycles. The molecule has 0 saturated carbocycles. The fourth-order valence-corrected chi connectivity index (χ4v) is 1.97. The Morgan fingerprint density at radius 3 is 2.83 bits per heavy atom. The van der Waals surface area contributed by atoms with Crippen molar-refractivity contribution in [2.75, 3.05) is 36.3 Å². The highest BCUT2D eigenvalue weighted by Gasteiger charge is 2.00. The van der Waals surface area contributed by atoms with Crippen molar-refractivity contribution < 1.29 is 9.53 Å². The SMILES string of the molecule is COC(=O)Nc1cccc(NCCCCSC)c1. The molecule has 0 atom stereocenters. The smallest absolute Gasteiger partial charge is 0.411 e. The number of methoxy groups -OCH3 is 1. The van der Waals surface area contributed by atoms with E-state index in [1.54, 1.807) is 0 Å².